The van der Waals surface area contributed by atoms with Crippen molar-refractivity contribution in [2.75, 3.05) is 0 Å². The van der Waals surface area contributed by atoms with Crippen molar-refractivity contribution in [3.8, 4) is 0 Å². The van der Waals surface area contributed by atoms with Crippen molar-refractivity contribution in [2.24, 2.45) is 0 Å². The normalized spacial score (nSPS) is 25.4. The van der Waals surface area contributed by atoms with E-state index in [4.69, 9.17) is 0 Å². The topological polar surface area (TPSA) is 115 Å². The number of hydrogen-bond acceptors (Lipinski definition) is 6. The van der Waals surface area contributed by atoms with Gasteiger partial charge in [0.2, 0.25) is 5.78 Å². The molecule has 2 aromatic rings. The molecule has 2 aromatic carbocycles. The Bertz CT molecular complexity index is 790. The van der Waals surface area contributed by atoms with Crippen LogP contribution in [0.15, 0.2) is 60.7 Å². The van der Waals surface area contributed by atoms with Crippen LogP contribution in [0.2, 0.25) is 0 Å². The second-order valence-electron chi connectivity index (χ2n) is 6.53. The van der Waals surface area contributed by atoms with Gasteiger partial charge in [0.05, 0.1) is 12.0 Å². The lowest BCUT2D eigenvalue weighted by Crippen LogP contribution is -2.48. The van der Waals surface area contributed by atoms with Crippen LogP contribution in [0.25, 0.3) is 0 Å². The van der Waals surface area contributed by atoms with E-state index in [-0.39, 0.29) is 6.42 Å². The first-order valence-electron chi connectivity index (χ1n) is 8.31. The van der Waals surface area contributed by atoms with E-state index in [1.54, 1.807) is 60.7 Å². The molecule has 0 amide bonds. The smallest absolute Gasteiger partial charge is 0.204 e. The van der Waals surface area contributed by atoms with Gasteiger partial charge in [0.15, 0.2) is 11.4 Å². The summed E-state index contributed by atoms with van der Waals surface area (Å²) in [4.78, 5) is 24.5. The quantitative estimate of drug-likeness (QED) is 0.518. The van der Waals surface area contributed by atoms with E-state index in [2.05, 4.69) is 0 Å². The first-order valence-corrected chi connectivity index (χ1v) is 8.31. The number of ketones is 2. The first-order chi connectivity index (χ1) is 12.4. The van der Waals surface area contributed by atoms with Gasteiger partial charge in [0.25, 0.3) is 0 Å². The van der Waals surface area contributed by atoms with Crippen LogP contribution >= 0.6 is 0 Å². The molecule has 5 atom stereocenters. The van der Waals surface area contributed by atoms with Gasteiger partial charge in [-0.05, 0) is 11.1 Å². The number of benzene rings is 2. The first kappa shape index (κ1) is 18.4. The molecule has 1 saturated carbocycles. The van der Waals surface area contributed by atoms with E-state index in [1.165, 1.54) is 0 Å². The summed E-state index contributed by atoms with van der Waals surface area (Å²) in [5.41, 5.74) is -1.20. The van der Waals surface area contributed by atoms with E-state index < -0.39 is 41.4 Å². The molecule has 136 valence electrons. The molecule has 3 rings (SSSR count). The highest BCUT2D eigenvalue weighted by atomic mass is 16.4. The number of aliphatic hydroxyl groups is 4. The van der Waals surface area contributed by atoms with Crippen LogP contribution in [0.1, 0.15) is 17.0 Å². The van der Waals surface area contributed by atoms with Crippen molar-refractivity contribution in [3.63, 3.8) is 0 Å². The predicted molar refractivity (Wildman–Crippen MR) is 92.3 cm³/mol. The van der Waals surface area contributed by atoms with E-state index in [0.717, 1.165) is 0 Å². The predicted octanol–water partition coefficient (Wildman–Crippen LogP) is -0.0215. The SMILES string of the molecule is O=C1C(c2ccccc2)[C@@]1(O)C(=O)[C@H](O)[C@H](O)C(O)Cc1ccccc1. The zero-order valence-corrected chi connectivity index (χ0v) is 13.9. The Morgan fingerprint density at radius 2 is 1.50 bits per heavy atom. The summed E-state index contributed by atoms with van der Waals surface area (Å²) in [6, 6.07) is 17.0. The number of carbonyl (C=O) groups is 2. The summed E-state index contributed by atoms with van der Waals surface area (Å²) < 4.78 is 0. The average molecular weight is 356 g/mol. The fraction of sp³-hybridized carbons (Fsp3) is 0.300. The lowest BCUT2D eigenvalue weighted by Gasteiger charge is -2.23. The van der Waals surface area contributed by atoms with E-state index >= 15 is 0 Å². The van der Waals surface area contributed by atoms with Crippen LogP contribution < -0.4 is 0 Å². The van der Waals surface area contributed by atoms with Crippen LogP contribution in [0, 0.1) is 0 Å². The van der Waals surface area contributed by atoms with Crippen LogP contribution in [-0.2, 0) is 16.0 Å². The number of carbonyl (C=O) groups excluding carboxylic acids is 2. The minimum absolute atomic E-state index is 0.0147. The molecule has 1 aliphatic rings. The van der Waals surface area contributed by atoms with Crippen molar-refractivity contribution < 1.29 is 30.0 Å². The van der Waals surface area contributed by atoms with Crippen molar-refractivity contribution in [1.82, 2.24) is 0 Å². The summed E-state index contributed by atoms with van der Waals surface area (Å²) in [6.07, 6.45) is -5.31. The van der Waals surface area contributed by atoms with Crippen molar-refractivity contribution >= 4 is 11.6 Å². The Morgan fingerprint density at radius 3 is 2.08 bits per heavy atom. The molecule has 6 nitrogen and oxygen atoms in total. The standard InChI is InChI=1S/C20H20O6/c21-14(11-12-7-3-1-4-8-12)16(22)17(23)19(25)20(26)15(18(20)24)13-9-5-2-6-10-13/h1-10,14-17,21-23,26H,11H2/t14?,15?,16-,17-,20+/m1/s1. The largest absolute Gasteiger partial charge is 0.390 e. The zero-order valence-electron chi connectivity index (χ0n) is 13.9. The van der Waals surface area contributed by atoms with Gasteiger partial charge in [-0.25, -0.2) is 0 Å². The van der Waals surface area contributed by atoms with Gasteiger partial charge in [-0.2, -0.15) is 0 Å². The van der Waals surface area contributed by atoms with Gasteiger partial charge in [-0.1, -0.05) is 60.7 Å². The highest BCUT2D eigenvalue weighted by molar-refractivity contribution is 6.29. The Balaban J connectivity index is 1.70. The van der Waals surface area contributed by atoms with Crippen LogP contribution in [0.4, 0.5) is 0 Å². The maximum absolute atomic E-state index is 12.4. The number of aliphatic hydroxyl groups excluding tert-OH is 3. The minimum Gasteiger partial charge on any atom is -0.390 e. The fourth-order valence-electron chi connectivity index (χ4n) is 3.16. The third-order valence-corrected chi connectivity index (χ3v) is 4.75. The average Bonchev–Trinajstić information content (AvgIpc) is 3.23. The molecule has 0 spiro atoms. The molecule has 6 heteroatoms. The van der Waals surface area contributed by atoms with E-state index in [9.17, 15) is 30.0 Å². The minimum atomic E-state index is -2.37. The molecule has 26 heavy (non-hydrogen) atoms. The Labute approximate surface area is 150 Å². The summed E-state index contributed by atoms with van der Waals surface area (Å²) in [7, 11) is 0. The zero-order chi connectivity index (χ0) is 18.9. The second-order valence-corrected chi connectivity index (χ2v) is 6.53. The Kier molecular flexibility index (Phi) is 5.02. The molecule has 1 fully saturated rings. The van der Waals surface area contributed by atoms with Gasteiger partial charge in [-0.15, -0.1) is 0 Å². The van der Waals surface area contributed by atoms with E-state index in [0.29, 0.717) is 11.1 Å². The second kappa shape index (κ2) is 7.09. The van der Waals surface area contributed by atoms with Gasteiger partial charge in [-0.3, -0.25) is 9.59 Å². The molecule has 1 aliphatic carbocycles. The van der Waals surface area contributed by atoms with Crippen LogP contribution in [-0.4, -0.2) is 55.9 Å². The monoisotopic (exact) mass is 356 g/mol. The Morgan fingerprint density at radius 1 is 0.962 bits per heavy atom. The molecule has 0 heterocycles. The molecule has 0 saturated heterocycles. The molecule has 2 unspecified atom stereocenters. The summed E-state index contributed by atoms with van der Waals surface area (Å²) in [6.45, 7) is 0. The molecular formula is C20H20O6. The molecule has 0 aliphatic heterocycles. The highest BCUT2D eigenvalue weighted by Gasteiger charge is 2.71. The summed E-state index contributed by atoms with van der Waals surface area (Å²) >= 11 is 0. The Hall–Kier alpha value is -2.38. The maximum atomic E-state index is 12.4. The van der Waals surface area contributed by atoms with Crippen molar-refractivity contribution in [2.45, 2.75) is 36.3 Å². The van der Waals surface area contributed by atoms with E-state index in [1.807, 2.05) is 0 Å². The van der Waals surface area contributed by atoms with Gasteiger partial charge >= 0.3 is 0 Å². The molecular weight excluding hydrogens is 336 g/mol. The third-order valence-electron chi connectivity index (χ3n) is 4.75. The summed E-state index contributed by atoms with van der Waals surface area (Å²) in [5.74, 6) is -2.99. The summed E-state index contributed by atoms with van der Waals surface area (Å²) in [5, 5.41) is 40.7. The molecule has 0 bridgehead atoms. The number of hydrogen-bond donors (Lipinski definition) is 4. The number of Topliss-reactive ketones (excluding diaryl/α,β-unsaturated/α-hetero) is 2. The lowest BCUT2D eigenvalue weighted by atomic mass is 9.94. The molecule has 4 N–H and O–H groups in total. The third kappa shape index (κ3) is 3.20. The highest BCUT2D eigenvalue weighted by Crippen LogP contribution is 2.48. The lowest BCUT2D eigenvalue weighted by molar-refractivity contribution is -0.150. The fourth-order valence-corrected chi connectivity index (χ4v) is 3.16. The van der Waals surface area contributed by atoms with Gasteiger partial charge < -0.3 is 20.4 Å². The molecule has 0 aromatic heterocycles. The number of rotatable bonds is 7. The van der Waals surface area contributed by atoms with Crippen molar-refractivity contribution in [1.29, 1.82) is 0 Å². The molecule has 0 radical (unpaired) electrons. The van der Waals surface area contributed by atoms with Gasteiger partial charge in [0.1, 0.15) is 12.2 Å². The van der Waals surface area contributed by atoms with Crippen LogP contribution in [0.3, 0.4) is 0 Å². The van der Waals surface area contributed by atoms with Gasteiger partial charge in [0, 0.05) is 6.42 Å². The maximum Gasteiger partial charge on any atom is 0.204 e. The van der Waals surface area contributed by atoms with Crippen molar-refractivity contribution in [3.05, 3.63) is 71.8 Å². The van der Waals surface area contributed by atoms with Crippen LogP contribution in [0.5, 0.6) is 0 Å².